The first-order chi connectivity index (χ1) is 11.2. The molecule has 0 aliphatic heterocycles. The molecule has 1 amide bonds. The summed E-state index contributed by atoms with van der Waals surface area (Å²) in [7, 11) is 1.90. The number of pyridine rings is 1. The molecule has 0 radical (unpaired) electrons. The summed E-state index contributed by atoms with van der Waals surface area (Å²) in [5.41, 5.74) is 5.70. The summed E-state index contributed by atoms with van der Waals surface area (Å²) in [6.45, 7) is 2.23. The van der Waals surface area contributed by atoms with Crippen molar-refractivity contribution in [2.75, 3.05) is 0 Å². The molecule has 0 bridgehead atoms. The van der Waals surface area contributed by atoms with E-state index in [2.05, 4.69) is 23.5 Å². The van der Waals surface area contributed by atoms with Crippen molar-refractivity contribution < 1.29 is 9.36 Å². The Morgan fingerprint density at radius 2 is 2.22 bits per heavy atom. The summed E-state index contributed by atoms with van der Waals surface area (Å²) in [5.74, 6) is -0.150. The molecule has 1 aliphatic rings. The highest BCUT2D eigenvalue weighted by atomic mass is 16.2. The van der Waals surface area contributed by atoms with Crippen molar-refractivity contribution in [3.63, 3.8) is 0 Å². The Labute approximate surface area is 139 Å². The van der Waals surface area contributed by atoms with Crippen LogP contribution < -0.4 is 9.99 Å². The van der Waals surface area contributed by atoms with Gasteiger partial charge >= 0.3 is 0 Å². The molecule has 1 fully saturated rings. The molecule has 124 valence electrons. The second kappa shape index (κ2) is 9.23. The zero-order valence-electron chi connectivity index (χ0n) is 14.3. The zero-order chi connectivity index (χ0) is 16.5. The fraction of sp³-hybridized carbons (Fsp3) is 0.526. The van der Waals surface area contributed by atoms with Crippen LogP contribution in [0.5, 0.6) is 0 Å². The van der Waals surface area contributed by atoms with E-state index in [0.717, 1.165) is 31.4 Å². The molecule has 1 N–H and O–H groups in total. The van der Waals surface area contributed by atoms with Gasteiger partial charge in [0.15, 0.2) is 12.4 Å². The first kappa shape index (κ1) is 17.4. The summed E-state index contributed by atoms with van der Waals surface area (Å²) in [6, 6.07) is 3.66. The number of nitrogens with one attached hydrogen (secondary N) is 1. The van der Waals surface area contributed by atoms with Gasteiger partial charge in [0.25, 0.3) is 5.91 Å². The lowest BCUT2D eigenvalue weighted by Gasteiger charge is -2.03. The van der Waals surface area contributed by atoms with Crippen molar-refractivity contribution in [2.24, 2.45) is 12.1 Å². The van der Waals surface area contributed by atoms with Gasteiger partial charge in [-0.05, 0) is 43.7 Å². The Kier molecular flexibility index (Phi) is 6.98. The summed E-state index contributed by atoms with van der Waals surface area (Å²) < 4.78 is 1.86. The van der Waals surface area contributed by atoms with E-state index in [9.17, 15) is 4.79 Å². The Morgan fingerprint density at radius 1 is 1.35 bits per heavy atom. The van der Waals surface area contributed by atoms with E-state index in [1.807, 2.05) is 23.9 Å². The van der Waals surface area contributed by atoms with Crippen molar-refractivity contribution >= 4 is 11.6 Å². The number of unbranched alkanes of at least 4 members (excludes halogenated alkanes) is 4. The number of aryl methyl sites for hydroxylation is 1. The smallest absolute Gasteiger partial charge is 0.267 e. The third-order valence-corrected chi connectivity index (χ3v) is 4.17. The zero-order valence-corrected chi connectivity index (χ0v) is 14.3. The van der Waals surface area contributed by atoms with Crippen LogP contribution in [0, 0.1) is 0 Å². The second-order valence-corrected chi connectivity index (χ2v) is 6.19. The van der Waals surface area contributed by atoms with Crippen molar-refractivity contribution in [1.82, 2.24) is 5.43 Å². The molecule has 0 aromatic carbocycles. The van der Waals surface area contributed by atoms with E-state index in [1.165, 1.54) is 31.3 Å². The molecule has 0 saturated heterocycles. The quantitative estimate of drug-likeness (QED) is 0.466. The fourth-order valence-electron chi connectivity index (χ4n) is 2.85. The minimum atomic E-state index is -0.150. The molecule has 23 heavy (non-hydrogen) atoms. The molecule has 2 rings (SSSR count). The molecule has 1 aromatic rings. The number of amides is 1. The number of carbonyl (C=O) groups is 1. The van der Waals surface area contributed by atoms with Crippen molar-refractivity contribution in [1.29, 1.82) is 0 Å². The third-order valence-electron chi connectivity index (χ3n) is 4.17. The largest absolute Gasteiger partial charge is 0.277 e. The maximum Gasteiger partial charge on any atom is 0.277 e. The van der Waals surface area contributed by atoms with E-state index in [4.69, 9.17) is 0 Å². The molecule has 4 nitrogen and oxygen atoms in total. The first-order valence-electron chi connectivity index (χ1n) is 8.72. The number of aromatic nitrogens is 1. The van der Waals surface area contributed by atoms with Crippen LogP contribution in [0.2, 0.25) is 0 Å². The van der Waals surface area contributed by atoms with E-state index >= 15 is 0 Å². The van der Waals surface area contributed by atoms with Crippen molar-refractivity contribution in [3.05, 3.63) is 41.7 Å². The van der Waals surface area contributed by atoms with Crippen LogP contribution in [0.3, 0.4) is 0 Å². The van der Waals surface area contributed by atoms with Crippen LogP contribution in [0.4, 0.5) is 0 Å². The van der Waals surface area contributed by atoms with E-state index < -0.39 is 0 Å². The van der Waals surface area contributed by atoms with Crippen molar-refractivity contribution in [2.45, 2.75) is 58.3 Å². The van der Waals surface area contributed by atoms with Gasteiger partial charge in [0.1, 0.15) is 12.6 Å². The Balaban J connectivity index is 1.90. The van der Waals surface area contributed by atoms with Gasteiger partial charge in [-0.2, -0.15) is 5.10 Å². The monoisotopic (exact) mass is 314 g/mol. The SMILES string of the molecule is CCCCCC/C=C1/CCC/C1=N\NC(=O)c1ccc[n+](C)c1. The minimum Gasteiger partial charge on any atom is -0.267 e. The molecule has 0 atom stereocenters. The number of allylic oxidation sites excluding steroid dienone is 2. The van der Waals surface area contributed by atoms with Crippen LogP contribution >= 0.6 is 0 Å². The molecular formula is C19H28N3O+. The maximum atomic E-state index is 12.1. The highest BCUT2D eigenvalue weighted by Crippen LogP contribution is 2.22. The normalized spacial score (nSPS) is 17.8. The molecular weight excluding hydrogens is 286 g/mol. The number of hydrogen-bond donors (Lipinski definition) is 1. The predicted octanol–water partition coefficient (Wildman–Crippen LogP) is 3.68. The Morgan fingerprint density at radius 3 is 3.00 bits per heavy atom. The van der Waals surface area contributed by atoms with Crippen LogP contribution in [0.1, 0.15) is 68.6 Å². The average Bonchev–Trinajstić information content (AvgIpc) is 3.00. The summed E-state index contributed by atoms with van der Waals surface area (Å²) in [6.07, 6.45) is 15.5. The molecule has 1 aromatic heterocycles. The number of hydrazone groups is 1. The highest BCUT2D eigenvalue weighted by molar-refractivity contribution is 6.03. The van der Waals surface area contributed by atoms with Gasteiger partial charge in [-0.1, -0.05) is 32.3 Å². The molecule has 0 unspecified atom stereocenters. The average molecular weight is 314 g/mol. The van der Waals surface area contributed by atoms with Gasteiger partial charge < -0.3 is 0 Å². The topological polar surface area (TPSA) is 45.3 Å². The summed E-state index contributed by atoms with van der Waals surface area (Å²) >= 11 is 0. The van der Waals surface area contributed by atoms with Gasteiger partial charge in [0.2, 0.25) is 0 Å². The number of rotatable bonds is 7. The lowest BCUT2D eigenvalue weighted by Crippen LogP contribution is -2.30. The van der Waals surface area contributed by atoms with E-state index in [0.29, 0.717) is 5.56 Å². The Bertz CT molecular complexity index is 590. The van der Waals surface area contributed by atoms with Gasteiger partial charge in [0.05, 0.1) is 5.71 Å². The first-order valence-corrected chi connectivity index (χ1v) is 8.72. The van der Waals surface area contributed by atoms with E-state index in [-0.39, 0.29) is 5.91 Å². The van der Waals surface area contributed by atoms with Crippen LogP contribution in [0.15, 0.2) is 41.3 Å². The van der Waals surface area contributed by atoms with Crippen molar-refractivity contribution in [3.8, 4) is 0 Å². The Hall–Kier alpha value is -1.97. The van der Waals surface area contributed by atoms with Crippen LogP contribution in [-0.4, -0.2) is 11.6 Å². The van der Waals surface area contributed by atoms with Gasteiger partial charge in [0, 0.05) is 6.07 Å². The minimum absolute atomic E-state index is 0.150. The van der Waals surface area contributed by atoms with Gasteiger partial charge in [-0.25, -0.2) is 9.99 Å². The molecule has 1 aliphatic carbocycles. The number of nitrogens with zero attached hydrogens (tertiary/aromatic N) is 2. The lowest BCUT2D eigenvalue weighted by molar-refractivity contribution is -0.671. The fourth-order valence-corrected chi connectivity index (χ4v) is 2.85. The maximum absolute atomic E-state index is 12.1. The number of carbonyl (C=O) groups excluding carboxylic acids is 1. The molecule has 4 heteroatoms. The van der Waals surface area contributed by atoms with Crippen LogP contribution in [0.25, 0.3) is 0 Å². The van der Waals surface area contributed by atoms with Crippen LogP contribution in [-0.2, 0) is 7.05 Å². The van der Waals surface area contributed by atoms with E-state index in [1.54, 1.807) is 12.3 Å². The summed E-state index contributed by atoms with van der Waals surface area (Å²) in [4.78, 5) is 12.1. The standard InChI is InChI=1S/C19H27N3O/c1-3-4-5-6-7-10-16-11-8-13-18(16)20-21-19(23)17-12-9-14-22(2)15-17/h9-10,12,14-15H,3-8,11,13H2,1-2H3/p+1/b16-10-,20-18+. The number of hydrogen-bond acceptors (Lipinski definition) is 2. The molecule has 0 spiro atoms. The second-order valence-electron chi connectivity index (χ2n) is 6.19. The molecule has 1 heterocycles. The van der Waals surface area contributed by atoms with Gasteiger partial charge in [-0.15, -0.1) is 0 Å². The third kappa shape index (κ3) is 5.62. The lowest BCUT2D eigenvalue weighted by atomic mass is 10.1. The molecule has 1 saturated carbocycles. The highest BCUT2D eigenvalue weighted by Gasteiger charge is 2.16. The van der Waals surface area contributed by atoms with Gasteiger partial charge in [-0.3, -0.25) is 4.79 Å². The predicted molar refractivity (Wildman–Crippen MR) is 93.2 cm³/mol. The summed E-state index contributed by atoms with van der Waals surface area (Å²) in [5, 5.41) is 4.37.